The van der Waals surface area contributed by atoms with Gasteiger partial charge in [0.05, 0.1) is 18.4 Å². The summed E-state index contributed by atoms with van der Waals surface area (Å²) in [6.07, 6.45) is 1.59. The zero-order chi connectivity index (χ0) is 18.7. The first-order chi connectivity index (χ1) is 12.5. The standard InChI is InChI=1S/C20H18FNO4/c1-13-9-18(14(2)22(13)11-17-7-4-8-25-17)20(24)26-12-19(23)15-5-3-6-16(21)10-15/h3-10H,11-12H2,1-2H3. The topological polar surface area (TPSA) is 61.4 Å². The fourth-order valence-electron chi connectivity index (χ4n) is 2.76. The van der Waals surface area contributed by atoms with E-state index in [-0.39, 0.29) is 5.56 Å². The number of ether oxygens (including phenoxy) is 1. The number of esters is 1. The second kappa shape index (κ2) is 7.39. The molecule has 3 aromatic rings. The molecule has 0 spiro atoms. The zero-order valence-electron chi connectivity index (χ0n) is 14.5. The molecule has 0 aliphatic carbocycles. The molecule has 2 aromatic heterocycles. The molecule has 0 aliphatic rings. The molecule has 2 heterocycles. The monoisotopic (exact) mass is 355 g/mol. The number of aryl methyl sites for hydroxylation is 1. The second-order valence-corrected chi connectivity index (χ2v) is 5.96. The number of nitrogens with zero attached hydrogens (tertiary/aromatic N) is 1. The molecule has 6 heteroatoms. The summed E-state index contributed by atoms with van der Waals surface area (Å²) in [5.74, 6) is -0.785. The third-order valence-corrected chi connectivity index (χ3v) is 4.17. The Morgan fingerprint density at radius 2 is 1.96 bits per heavy atom. The molecule has 5 nitrogen and oxygen atoms in total. The van der Waals surface area contributed by atoms with Gasteiger partial charge in [-0.15, -0.1) is 0 Å². The van der Waals surface area contributed by atoms with Crippen LogP contribution in [0.3, 0.4) is 0 Å². The minimum Gasteiger partial charge on any atom is -0.467 e. The predicted molar refractivity (Wildman–Crippen MR) is 92.7 cm³/mol. The van der Waals surface area contributed by atoms with Crippen LogP contribution in [-0.2, 0) is 11.3 Å². The molecule has 0 unspecified atom stereocenters. The highest BCUT2D eigenvalue weighted by molar-refractivity contribution is 5.99. The maximum Gasteiger partial charge on any atom is 0.340 e. The van der Waals surface area contributed by atoms with E-state index >= 15 is 0 Å². The van der Waals surface area contributed by atoms with Gasteiger partial charge in [0, 0.05) is 17.0 Å². The number of Topliss-reactive ketones (excluding diaryl/α,β-unsaturated/α-hetero) is 1. The SMILES string of the molecule is Cc1cc(C(=O)OCC(=O)c2cccc(F)c2)c(C)n1Cc1ccco1. The van der Waals surface area contributed by atoms with Crippen LogP contribution in [-0.4, -0.2) is 22.9 Å². The number of aromatic nitrogens is 1. The van der Waals surface area contributed by atoms with Crippen molar-refractivity contribution in [3.63, 3.8) is 0 Å². The Morgan fingerprint density at radius 1 is 1.15 bits per heavy atom. The summed E-state index contributed by atoms with van der Waals surface area (Å²) in [6, 6.07) is 10.7. The maximum atomic E-state index is 13.2. The summed E-state index contributed by atoms with van der Waals surface area (Å²) in [5, 5.41) is 0. The summed E-state index contributed by atoms with van der Waals surface area (Å²) in [7, 11) is 0. The molecule has 0 radical (unpaired) electrons. The predicted octanol–water partition coefficient (Wildman–Crippen LogP) is 3.93. The first-order valence-corrected chi connectivity index (χ1v) is 8.10. The number of furan rings is 1. The van der Waals surface area contributed by atoms with Gasteiger partial charge in [0.25, 0.3) is 0 Å². The van der Waals surface area contributed by atoms with E-state index in [1.165, 1.54) is 18.2 Å². The van der Waals surface area contributed by atoms with Gasteiger partial charge in [-0.25, -0.2) is 9.18 Å². The second-order valence-electron chi connectivity index (χ2n) is 5.96. The van der Waals surface area contributed by atoms with E-state index in [4.69, 9.17) is 9.15 Å². The first-order valence-electron chi connectivity index (χ1n) is 8.10. The Labute approximate surface area is 150 Å². The van der Waals surface area contributed by atoms with E-state index < -0.39 is 24.2 Å². The minimum absolute atomic E-state index is 0.168. The molecule has 0 aliphatic heterocycles. The number of rotatable bonds is 6. The highest BCUT2D eigenvalue weighted by Crippen LogP contribution is 2.18. The van der Waals surface area contributed by atoms with Gasteiger partial charge in [-0.05, 0) is 44.2 Å². The molecular formula is C20H18FNO4. The van der Waals surface area contributed by atoms with Crippen LogP contribution in [0.25, 0.3) is 0 Å². The summed E-state index contributed by atoms with van der Waals surface area (Å²) >= 11 is 0. The van der Waals surface area contributed by atoms with E-state index in [2.05, 4.69) is 0 Å². The molecule has 0 bridgehead atoms. The Hall–Kier alpha value is -3.15. The van der Waals surface area contributed by atoms with Crippen molar-refractivity contribution in [3.05, 3.63) is 82.8 Å². The van der Waals surface area contributed by atoms with E-state index in [0.717, 1.165) is 23.2 Å². The van der Waals surface area contributed by atoms with Crippen LogP contribution in [0.5, 0.6) is 0 Å². The van der Waals surface area contributed by atoms with Crippen molar-refractivity contribution in [1.29, 1.82) is 0 Å². The van der Waals surface area contributed by atoms with Crippen LogP contribution in [0, 0.1) is 19.7 Å². The molecule has 1 aromatic carbocycles. The van der Waals surface area contributed by atoms with Crippen LogP contribution in [0.2, 0.25) is 0 Å². The molecule has 0 N–H and O–H groups in total. The number of hydrogen-bond donors (Lipinski definition) is 0. The Bertz CT molecular complexity index is 941. The fraction of sp³-hybridized carbons (Fsp3) is 0.200. The number of carbonyl (C=O) groups excluding carboxylic acids is 2. The normalized spacial score (nSPS) is 10.7. The molecule has 3 rings (SSSR count). The summed E-state index contributed by atoms with van der Waals surface area (Å²) in [5.41, 5.74) is 2.16. The summed E-state index contributed by atoms with van der Waals surface area (Å²) in [4.78, 5) is 24.4. The smallest absolute Gasteiger partial charge is 0.340 e. The molecule has 0 saturated carbocycles. The average Bonchev–Trinajstić information content (AvgIpc) is 3.23. The van der Waals surface area contributed by atoms with Gasteiger partial charge in [0.15, 0.2) is 12.4 Å². The van der Waals surface area contributed by atoms with Crippen molar-refractivity contribution in [2.75, 3.05) is 6.61 Å². The van der Waals surface area contributed by atoms with E-state index in [9.17, 15) is 14.0 Å². The molecule has 0 amide bonds. The van der Waals surface area contributed by atoms with E-state index in [1.807, 2.05) is 17.6 Å². The van der Waals surface area contributed by atoms with Crippen molar-refractivity contribution >= 4 is 11.8 Å². The van der Waals surface area contributed by atoms with Gasteiger partial charge in [-0.1, -0.05) is 12.1 Å². The first kappa shape index (κ1) is 17.7. The molecule has 0 saturated heterocycles. The third-order valence-electron chi connectivity index (χ3n) is 4.17. The van der Waals surface area contributed by atoms with Crippen molar-refractivity contribution < 1.29 is 23.1 Å². The minimum atomic E-state index is -0.589. The lowest BCUT2D eigenvalue weighted by molar-refractivity contribution is 0.0474. The molecule has 26 heavy (non-hydrogen) atoms. The van der Waals surface area contributed by atoms with Crippen LogP contribution < -0.4 is 0 Å². The van der Waals surface area contributed by atoms with E-state index in [1.54, 1.807) is 25.3 Å². The highest BCUT2D eigenvalue weighted by Gasteiger charge is 2.19. The Morgan fingerprint density at radius 3 is 2.65 bits per heavy atom. The Kier molecular flexibility index (Phi) is 5.02. The highest BCUT2D eigenvalue weighted by atomic mass is 19.1. The van der Waals surface area contributed by atoms with Gasteiger partial charge in [0.1, 0.15) is 11.6 Å². The molecule has 0 atom stereocenters. The molecular weight excluding hydrogens is 337 g/mol. The molecule has 134 valence electrons. The lowest BCUT2D eigenvalue weighted by Gasteiger charge is -2.08. The number of carbonyl (C=O) groups is 2. The average molecular weight is 355 g/mol. The number of hydrogen-bond acceptors (Lipinski definition) is 4. The summed E-state index contributed by atoms with van der Waals surface area (Å²) in [6.45, 7) is 3.75. The van der Waals surface area contributed by atoms with Crippen LogP contribution in [0.1, 0.15) is 37.9 Å². The van der Waals surface area contributed by atoms with Gasteiger partial charge in [-0.3, -0.25) is 4.79 Å². The zero-order valence-corrected chi connectivity index (χ0v) is 14.5. The van der Waals surface area contributed by atoms with Gasteiger partial charge >= 0.3 is 5.97 Å². The fourth-order valence-corrected chi connectivity index (χ4v) is 2.76. The largest absolute Gasteiger partial charge is 0.467 e. The van der Waals surface area contributed by atoms with Gasteiger partial charge in [-0.2, -0.15) is 0 Å². The van der Waals surface area contributed by atoms with Crippen LogP contribution in [0.4, 0.5) is 4.39 Å². The lowest BCUT2D eigenvalue weighted by atomic mass is 10.1. The van der Waals surface area contributed by atoms with Gasteiger partial charge in [0.2, 0.25) is 0 Å². The number of ketones is 1. The quantitative estimate of drug-likeness (QED) is 0.497. The number of benzene rings is 1. The van der Waals surface area contributed by atoms with Crippen molar-refractivity contribution in [2.45, 2.75) is 20.4 Å². The lowest BCUT2D eigenvalue weighted by Crippen LogP contribution is -2.15. The Balaban J connectivity index is 1.69. The van der Waals surface area contributed by atoms with Crippen molar-refractivity contribution in [3.8, 4) is 0 Å². The third kappa shape index (κ3) is 3.74. The van der Waals surface area contributed by atoms with Gasteiger partial charge < -0.3 is 13.7 Å². The number of halogens is 1. The molecule has 0 fully saturated rings. The summed E-state index contributed by atoms with van der Waals surface area (Å²) < 4.78 is 25.6. The maximum absolute atomic E-state index is 13.2. The van der Waals surface area contributed by atoms with Crippen molar-refractivity contribution in [2.24, 2.45) is 0 Å². The van der Waals surface area contributed by atoms with Crippen LogP contribution >= 0.6 is 0 Å². The van der Waals surface area contributed by atoms with Crippen molar-refractivity contribution in [1.82, 2.24) is 4.57 Å². The van der Waals surface area contributed by atoms with Crippen LogP contribution in [0.15, 0.2) is 53.1 Å². The van der Waals surface area contributed by atoms with E-state index in [0.29, 0.717) is 12.1 Å².